The van der Waals surface area contributed by atoms with Gasteiger partial charge in [-0.25, -0.2) is 4.39 Å². The molecule has 0 saturated carbocycles. The van der Waals surface area contributed by atoms with E-state index in [0.717, 1.165) is 47.2 Å². The number of hydrogen-bond donors (Lipinski definition) is 1. The molecule has 0 saturated heterocycles. The van der Waals surface area contributed by atoms with E-state index >= 15 is 0 Å². The van der Waals surface area contributed by atoms with Crippen LogP contribution in [0.3, 0.4) is 0 Å². The summed E-state index contributed by atoms with van der Waals surface area (Å²) in [6.45, 7) is 2.03. The van der Waals surface area contributed by atoms with E-state index in [2.05, 4.69) is 30.4 Å². The molecule has 0 bridgehead atoms. The topological polar surface area (TPSA) is 26.0 Å². The summed E-state index contributed by atoms with van der Waals surface area (Å²) >= 11 is 0. The molecule has 2 N–H and O–H groups in total. The smallest absolute Gasteiger partial charge is 0.131 e. The summed E-state index contributed by atoms with van der Waals surface area (Å²) in [5.74, 6) is 0.191. The van der Waals surface area contributed by atoms with Gasteiger partial charge in [0.25, 0.3) is 0 Å². The van der Waals surface area contributed by atoms with E-state index in [0.29, 0.717) is 0 Å². The maximum absolute atomic E-state index is 14.9. The summed E-state index contributed by atoms with van der Waals surface area (Å²) < 4.78 is 14.9. The molecule has 4 rings (SSSR count). The summed E-state index contributed by atoms with van der Waals surface area (Å²) in [5.41, 5.74) is 8.34. The SMILES string of the molecule is CC(N)CC1C=CC=c2c1ccc1c3c(cc(F)c21)CCCC=3. The van der Waals surface area contributed by atoms with Crippen LogP contribution in [0.4, 0.5) is 4.39 Å². The van der Waals surface area contributed by atoms with Gasteiger partial charge < -0.3 is 5.73 Å². The molecule has 2 aromatic carbocycles. The second-order valence-electron chi connectivity index (χ2n) is 6.89. The summed E-state index contributed by atoms with van der Waals surface area (Å²) in [5, 5.41) is 4.11. The zero-order valence-electron chi connectivity index (χ0n) is 13.5. The Bertz CT molecular complexity index is 921. The highest BCUT2D eigenvalue weighted by atomic mass is 19.1. The van der Waals surface area contributed by atoms with Crippen LogP contribution in [0.15, 0.2) is 30.4 Å². The molecule has 0 fully saturated rings. The highest BCUT2D eigenvalue weighted by molar-refractivity contribution is 5.88. The van der Waals surface area contributed by atoms with Gasteiger partial charge in [-0.2, -0.15) is 0 Å². The van der Waals surface area contributed by atoms with Crippen LogP contribution in [0, 0.1) is 5.82 Å². The van der Waals surface area contributed by atoms with Gasteiger partial charge in [-0.1, -0.05) is 36.4 Å². The summed E-state index contributed by atoms with van der Waals surface area (Å²) in [6, 6.07) is 6.17. The van der Waals surface area contributed by atoms with Crippen molar-refractivity contribution in [1.29, 1.82) is 0 Å². The number of allylic oxidation sites excluding steroid dienone is 2. The van der Waals surface area contributed by atoms with E-state index in [1.54, 1.807) is 6.07 Å². The van der Waals surface area contributed by atoms with Crippen LogP contribution in [-0.4, -0.2) is 6.04 Å². The molecule has 2 atom stereocenters. The first kappa shape index (κ1) is 14.6. The van der Waals surface area contributed by atoms with Gasteiger partial charge in [-0.3, -0.25) is 0 Å². The Morgan fingerprint density at radius 3 is 3.00 bits per heavy atom. The van der Waals surface area contributed by atoms with E-state index in [1.165, 1.54) is 10.8 Å². The van der Waals surface area contributed by atoms with Crippen LogP contribution in [0.5, 0.6) is 0 Å². The number of hydrogen-bond acceptors (Lipinski definition) is 1. The summed E-state index contributed by atoms with van der Waals surface area (Å²) in [7, 11) is 0. The monoisotopic (exact) mass is 307 g/mol. The van der Waals surface area contributed by atoms with Crippen LogP contribution in [0.25, 0.3) is 22.9 Å². The van der Waals surface area contributed by atoms with Crippen molar-refractivity contribution in [3.63, 3.8) is 0 Å². The van der Waals surface area contributed by atoms with Gasteiger partial charge in [0.1, 0.15) is 5.82 Å². The largest absolute Gasteiger partial charge is 0.328 e. The Kier molecular flexibility index (Phi) is 3.57. The summed E-state index contributed by atoms with van der Waals surface area (Å²) in [4.78, 5) is 0. The highest BCUT2D eigenvalue weighted by Crippen LogP contribution is 2.26. The quantitative estimate of drug-likeness (QED) is 0.905. The predicted molar refractivity (Wildman–Crippen MR) is 95.2 cm³/mol. The van der Waals surface area contributed by atoms with E-state index < -0.39 is 0 Å². The van der Waals surface area contributed by atoms with E-state index in [-0.39, 0.29) is 17.8 Å². The molecule has 0 spiro atoms. The number of rotatable bonds is 2. The van der Waals surface area contributed by atoms with Crippen LogP contribution < -0.4 is 16.2 Å². The van der Waals surface area contributed by atoms with Crippen LogP contribution in [0.2, 0.25) is 0 Å². The third-order valence-corrected chi connectivity index (χ3v) is 5.09. The number of halogens is 1. The van der Waals surface area contributed by atoms with E-state index in [1.807, 2.05) is 13.0 Å². The second kappa shape index (κ2) is 5.61. The fourth-order valence-electron chi connectivity index (χ4n) is 4.08. The Balaban J connectivity index is 2.03. The fraction of sp³-hybridized carbons (Fsp3) is 0.333. The van der Waals surface area contributed by atoms with Crippen molar-refractivity contribution in [2.45, 2.75) is 44.6 Å². The van der Waals surface area contributed by atoms with Gasteiger partial charge in [-0.15, -0.1) is 0 Å². The van der Waals surface area contributed by atoms with Crippen LogP contribution in [-0.2, 0) is 6.42 Å². The molecule has 2 aliphatic rings. The lowest BCUT2D eigenvalue weighted by Gasteiger charge is -2.21. The molecular weight excluding hydrogens is 285 g/mol. The molecule has 2 heteroatoms. The lowest BCUT2D eigenvalue weighted by Crippen LogP contribution is -2.25. The average Bonchev–Trinajstić information content (AvgIpc) is 2.54. The van der Waals surface area contributed by atoms with Gasteiger partial charge in [-0.05, 0) is 65.6 Å². The molecule has 0 aliphatic heterocycles. The van der Waals surface area contributed by atoms with Crippen molar-refractivity contribution in [2.75, 3.05) is 0 Å². The predicted octanol–water partition coefficient (Wildman–Crippen LogP) is 3.27. The molecular formula is C21H22FN. The molecule has 1 nitrogen and oxygen atoms in total. The lowest BCUT2D eigenvalue weighted by molar-refractivity contribution is 0.615. The van der Waals surface area contributed by atoms with E-state index in [4.69, 9.17) is 5.73 Å². The Morgan fingerprint density at radius 2 is 2.17 bits per heavy atom. The first-order valence-corrected chi connectivity index (χ1v) is 8.53. The molecule has 0 radical (unpaired) electrons. The number of nitrogens with two attached hydrogens (primary N) is 1. The molecule has 0 heterocycles. The first-order chi connectivity index (χ1) is 11.1. The Labute approximate surface area is 136 Å². The van der Waals surface area contributed by atoms with Gasteiger partial charge in [0.05, 0.1) is 0 Å². The minimum absolute atomic E-state index is 0.0861. The van der Waals surface area contributed by atoms with Crippen molar-refractivity contribution >= 4 is 22.9 Å². The minimum Gasteiger partial charge on any atom is -0.328 e. The molecule has 2 aliphatic carbocycles. The molecule has 2 aromatic rings. The Hall–Kier alpha value is -1.93. The van der Waals surface area contributed by atoms with Gasteiger partial charge in [0, 0.05) is 17.3 Å². The van der Waals surface area contributed by atoms with Crippen LogP contribution >= 0.6 is 0 Å². The van der Waals surface area contributed by atoms with Gasteiger partial charge in [0.15, 0.2) is 0 Å². The molecule has 0 aromatic heterocycles. The number of benzene rings is 2. The van der Waals surface area contributed by atoms with Crippen molar-refractivity contribution in [1.82, 2.24) is 0 Å². The Morgan fingerprint density at radius 1 is 1.30 bits per heavy atom. The minimum atomic E-state index is -0.0861. The highest BCUT2D eigenvalue weighted by Gasteiger charge is 2.18. The van der Waals surface area contributed by atoms with Crippen molar-refractivity contribution in [3.05, 3.63) is 57.7 Å². The normalized spacial score (nSPS) is 20.4. The third-order valence-electron chi connectivity index (χ3n) is 5.09. The molecule has 23 heavy (non-hydrogen) atoms. The fourth-order valence-corrected chi connectivity index (χ4v) is 4.08. The number of fused-ring (bicyclic) bond motifs is 5. The third kappa shape index (κ3) is 2.42. The molecule has 118 valence electrons. The zero-order valence-corrected chi connectivity index (χ0v) is 13.5. The van der Waals surface area contributed by atoms with Crippen molar-refractivity contribution in [2.24, 2.45) is 5.73 Å². The van der Waals surface area contributed by atoms with Gasteiger partial charge in [0.2, 0.25) is 0 Å². The maximum Gasteiger partial charge on any atom is 0.131 e. The van der Waals surface area contributed by atoms with Crippen molar-refractivity contribution in [3.8, 4) is 0 Å². The molecule has 2 unspecified atom stereocenters. The average molecular weight is 307 g/mol. The molecule has 0 amide bonds. The number of aryl methyl sites for hydroxylation is 1. The van der Waals surface area contributed by atoms with Crippen LogP contribution in [0.1, 0.15) is 43.2 Å². The van der Waals surface area contributed by atoms with E-state index in [9.17, 15) is 4.39 Å². The lowest BCUT2D eigenvalue weighted by atomic mass is 9.85. The van der Waals surface area contributed by atoms with Gasteiger partial charge >= 0.3 is 0 Å². The second-order valence-corrected chi connectivity index (χ2v) is 6.89. The zero-order chi connectivity index (χ0) is 16.0. The first-order valence-electron chi connectivity index (χ1n) is 8.53. The standard InChI is InChI=1S/C21H22FN/c1-13(23)11-14-6-4-8-18-17(14)9-10-19-16-7-3-2-5-15(16)12-20(22)21(18)19/h4,6-10,12-14H,2-3,5,11,23H2,1H3. The summed E-state index contributed by atoms with van der Waals surface area (Å²) in [6.07, 6.45) is 12.6. The van der Waals surface area contributed by atoms with Crippen molar-refractivity contribution < 1.29 is 4.39 Å². The maximum atomic E-state index is 14.9.